The average molecular weight is 290 g/mol. The fraction of sp³-hybridized carbons (Fsp3) is 0.333. The van der Waals surface area contributed by atoms with Gasteiger partial charge in [-0.3, -0.25) is 9.78 Å². The van der Waals surface area contributed by atoms with E-state index in [1.807, 2.05) is 0 Å². The highest BCUT2D eigenvalue weighted by Crippen LogP contribution is 2.32. The zero-order valence-corrected chi connectivity index (χ0v) is 9.23. The first-order chi connectivity index (χ1) is 8.30. The van der Waals surface area contributed by atoms with Crippen LogP contribution in [-0.2, 0) is 5.88 Å². The SMILES string of the molecule is O=Cc1c(C(F)F)ncc(OC(F)(F)F)c1CCl. The number of carbonyl (C=O) groups excluding carboxylic acids is 1. The highest BCUT2D eigenvalue weighted by molar-refractivity contribution is 6.17. The molecular weight excluding hydrogens is 285 g/mol. The van der Waals surface area contributed by atoms with Gasteiger partial charge < -0.3 is 4.74 Å². The smallest absolute Gasteiger partial charge is 0.404 e. The van der Waals surface area contributed by atoms with E-state index < -0.39 is 41.2 Å². The van der Waals surface area contributed by atoms with Gasteiger partial charge in [0, 0.05) is 11.1 Å². The molecule has 9 heteroatoms. The Labute approximate surface area is 103 Å². The molecule has 1 aromatic rings. The molecule has 0 aliphatic carbocycles. The molecule has 0 amide bonds. The molecule has 18 heavy (non-hydrogen) atoms. The van der Waals surface area contributed by atoms with Crippen LogP contribution >= 0.6 is 11.6 Å². The second kappa shape index (κ2) is 5.47. The summed E-state index contributed by atoms with van der Waals surface area (Å²) in [7, 11) is 0. The van der Waals surface area contributed by atoms with Crippen LogP contribution in [0.4, 0.5) is 22.0 Å². The minimum Gasteiger partial charge on any atom is -0.404 e. The van der Waals surface area contributed by atoms with Crippen LogP contribution in [-0.4, -0.2) is 17.6 Å². The Morgan fingerprint density at radius 3 is 2.44 bits per heavy atom. The lowest BCUT2D eigenvalue weighted by Gasteiger charge is -2.14. The first-order valence-electron chi connectivity index (χ1n) is 4.37. The van der Waals surface area contributed by atoms with Crippen molar-refractivity contribution in [2.45, 2.75) is 18.7 Å². The highest BCUT2D eigenvalue weighted by atomic mass is 35.5. The molecule has 1 heterocycles. The Morgan fingerprint density at radius 2 is 2.06 bits per heavy atom. The molecule has 100 valence electrons. The molecule has 0 saturated carbocycles. The van der Waals surface area contributed by atoms with E-state index in [1.54, 1.807) is 0 Å². The van der Waals surface area contributed by atoms with Crippen LogP contribution in [0.3, 0.4) is 0 Å². The van der Waals surface area contributed by atoms with Crippen LogP contribution in [0.25, 0.3) is 0 Å². The zero-order chi connectivity index (χ0) is 13.9. The molecular formula is C9H5ClF5NO2. The van der Waals surface area contributed by atoms with Crippen molar-refractivity contribution in [1.82, 2.24) is 4.98 Å². The van der Waals surface area contributed by atoms with Gasteiger partial charge in [0.1, 0.15) is 5.69 Å². The number of aromatic nitrogens is 1. The minimum absolute atomic E-state index is 0.0323. The number of pyridine rings is 1. The summed E-state index contributed by atoms with van der Waals surface area (Å²) in [6.45, 7) is 0. The van der Waals surface area contributed by atoms with E-state index in [1.165, 1.54) is 0 Å². The van der Waals surface area contributed by atoms with Gasteiger partial charge in [0.15, 0.2) is 12.0 Å². The van der Waals surface area contributed by atoms with Gasteiger partial charge in [0.25, 0.3) is 6.43 Å². The highest BCUT2D eigenvalue weighted by Gasteiger charge is 2.33. The van der Waals surface area contributed by atoms with Crippen molar-refractivity contribution in [3.63, 3.8) is 0 Å². The number of alkyl halides is 6. The third kappa shape index (κ3) is 3.28. The second-order valence-electron chi connectivity index (χ2n) is 3.00. The van der Waals surface area contributed by atoms with Crippen LogP contribution in [0.5, 0.6) is 5.75 Å². The van der Waals surface area contributed by atoms with Crippen molar-refractivity contribution in [3.05, 3.63) is 23.0 Å². The minimum atomic E-state index is -5.03. The summed E-state index contributed by atoms with van der Waals surface area (Å²) < 4.78 is 64.6. The van der Waals surface area contributed by atoms with E-state index in [0.29, 0.717) is 6.20 Å². The summed E-state index contributed by atoms with van der Waals surface area (Å²) in [4.78, 5) is 13.7. The fourth-order valence-corrected chi connectivity index (χ4v) is 1.49. The van der Waals surface area contributed by atoms with Crippen LogP contribution in [0.2, 0.25) is 0 Å². The maximum atomic E-state index is 12.5. The molecule has 1 rings (SSSR count). The lowest BCUT2D eigenvalue weighted by Crippen LogP contribution is -2.19. The van der Waals surface area contributed by atoms with Crippen molar-refractivity contribution in [3.8, 4) is 5.75 Å². The predicted molar refractivity (Wildman–Crippen MR) is 50.8 cm³/mol. The summed E-state index contributed by atoms with van der Waals surface area (Å²) in [5.74, 6) is -1.47. The molecule has 3 nitrogen and oxygen atoms in total. The van der Waals surface area contributed by atoms with E-state index in [-0.39, 0.29) is 6.29 Å². The average Bonchev–Trinajstić information content (AvgIpc) is 2.25. The second-order valence-corrected chi connectivity index (χ2v) is 3.27. The number of ether oxygens (including phenoxy) is 1. The summed E-state index contributed by atoms with van der Waals surface area (Å²) >= 11 is 5.34. The normalized spacial score (nSPS) is 11.7. The van der Waals surface area contributed by atoms with Crippen molar-refractivity contribution in [2.75, 3.05) is 0 Å². The van der Waals surface area contributed by atoms with Crippen LogP contribution in [0.15, 0.2) is 6.20 Å². The number of nitrogens with zero attached hydrogens (tertiary/aromatic N) is 1. The Hall–Kier alpha value is -1.44. The van der Waals surface area contributed by atoms with Crippen molar-refractivity contribution in [1.29, 1.82) is 0 Å². The van der Waals surface area contributed by atoms with Crippen LogP contribution < -0.4 is 4.74 Å². The topological polar surface area (TPSA) is 39.2 Å². The molecule has 0 N–H and O–H groups in total. The summed E-state index contributed by atoms with van der Waals surface area (Å²) in [5, 5.41) is 0. The first-order valence-corrected chi connectivity index (χ1v) is 4.90. The molecule has 0 aliphatic rings. The molecule has 0 spiro atoms. The Kier molecular flexibility index (Phi) is 4.44. The summed E-state index contributed by atoms with van der Waals surface area (Å²) in [5.41, 5.74) is -2.11. The van der Waals surface area contributed by atoms with E-state index >= 15 is 0 Å². The van der Waals surface area contributed by atoms with Gasteiger partial charge in [0.2, 0.25) is 0 Å². The van der Waals surface area contributed by atoms with Crippen molar-refractivity contribution < 1.29 is 31.5 Å². The van der Waals surface area contributed by atoms with E-state index in [9.17, 15) is 26.7 Å². The third-order valence-corrected chi connectivity index (χ3v) is 2.17. The fourth-order valence-electron chi connectivity index (χ4n) is 1.22. The Bertz CT molecular complexity index is 449. The molecule has 0 aliphatic heterocycles. The molecule has 0 saturated heterocycles. The van der Waals surface area contributed by atoms with Gasteiger partial charge in [-0.2, -0.15) is 0 Å². The molecule has 0 aromatic carbocycles. The zero-order valence-electron chi connectivity index (χ0n) is 8.47. The van der Waals surface area contributed by atoms with E-state index in [2.05, 4.69) is 9.72 Å². The summed E-state index contributed by atoms with van der Waals surface area (Å²) in [6.07, 6.45) is -7.71. The standard InChI is InChI=1S/C9H5ClF5NO2/c10-1-4-5(3-17)7(8(11)12)16-2-6(4)18-9(13,14)15/h2-3,8H,1H2. The van der Waals surface area contributed by atoms with Crippen LogP contribution in [0, 0.1) is 0 Å². The molecule has 1 aromatic heterocycles. The predicted octanol–water partition coefficient (Wildman–Crippen LogP) is 3.47. The third-order valence-electron chi connectivity index (χ3n) is 1.90. The lowest BCUT2D eigenvalue weighted by atomic mass is 10.1. The molecule has 0 radical (unpaired) electrons. The van der Waals surface area contributed by atoms with E-state index in [4.69, 9.17) is 11.6 Å². The maximum Gasteiger partial charge on any atom is 0.573 e. The number of halogens is 6. The molecule has 0 unspecified atom stereocenters. The van der Waals surface area contributed by atoms with Gasteiger partial charge in [0.05, 0.1) is 12.1 Å². The number of rotatable bonds is 4. The molecule has 0 fully saturated rings. The van der Waals surface area contributed by atoms with Crippen molar-refractivity contribution >= 4 is 17.9 Å². The van der Waals surface area contributed by atoms with Gasteiger partial charge in [-0.15, -0.1) is 24.8 Å². The Balaban J connectivity index is 3.35. The Morgan fingerprint density at radius 1 is 1.44 bits per heavy atom. The lowest BCUT2D eigenvalue weighted by molar-refractivity contribution is -0.275. The monoisotopic (exact) mass is 289 g/mol. The summed E-state index contributed by atoms with van der Waals surface area (Å²) in [6, 6.07) is 0. The van der Waals surface area contributed by atoms with Crippen LogP contribution in [0.1, 0.15) is 28.0 Å². The maximum absolute atomic E-state index is 12.5. The van der Waals surface area contributed by atoms with Gasteiger partial charge in [-0.25, -0.2) is 8.78 Å². The number of hydrogen-bond donors (Lipinski definition) is 0. The van der Waals surface area contributed by atoms with Crippen molar-refractivity contribution in [2.24, 2.45) is 0 Å². The van der Waals surface area contributed by atoms with Gasteiger partial charge in [-0.05, 0) is 0 Å². The number of aldehydes is 1. The largest absolute Gasteiger partial charge is 0.573 e. The molecule has 0 bridgehead atoms. The van der Waals surface area contributed by atoms with Gasteiger partial charge >= 0.3 is 6.36 Å². The van der Waals surface area contributed by atoms with Gasteiger partial charge in [-0.1, -0.05) is 0 Å². The first kappa shape index (κ1) is 14.6. The number of hydrogen-bond acceptors (Lipinski definition) is 3. The van der Waals surface area contributed by atoms with E-state index in [0.717, 1.165) is 0 Å². The number of carbonyl (C=O) groups is 1. The molecule has 0 atom stereocenters. The quantitative estimate of drug-likeness (QED) is 0.484.